The zero-order valence-corrected chi connectivity index (χ0v) is 25.2. The Hall–Kier alpha value is -2.93. The molecule has 0 aliphatic heterocycles. The third-order valence-corrected chi connectivity index (χ3v) is 6.87. The van der Waals surface area contributed by atoms with E-state index in [4.69, 9.17) is 4.74 Å². The predicted octanol–water partition coefficient (Wildman–Crippen LogP) is 4.63. The Bertz CT molecular complexity index is 990. The monoisotopic (exact) mass is 527 g/mol. The van der Waals surface area contributed by atoms with Gasteiger partial charge in [0.15, 0.2) is 0 Å². The molecule has 0 bridgehead atoms. The molecule has 0 aliphatic rings. The number of carbonyl (C=O) groups is 3. The van der Waals surface area contributed by atoms with Gasteiger partial charge in [-0.3, -0.25) is 9.59 Å². The van der Waals surface area contributed by atoms with E-state index < -0.39 is 28.9 Å². The number of rotatable bonds is 12. The summed E-state index contributed by atoms with van der Waals surface area (Å²) in [4.78, 5) is 41.0. The maximum Gasteiger partial charge on any atom is 0.330 e. The Balaban J connectivity index is 3.25. The Labute approximate surface area is 230 Å². The highest BCUT2D eigenvalue weighted by molar-refractivity contribution is 5.91. The Kier molecular flexibility index (Phi) is 12.4. The first-order valence-electron chi connectivity index (χ1n) is 13.4. The highest BCUT2D eigenvalue weighted by Crippen LogP contribution is 2.29. The normalized spacial score (nSPS) is 15.2. The van der Waals surface area contributed by atoms with Gasteiger partial charge in [0.2, 0.25) is 11.8 Å². The summed E-state index contributed by atoms with van der Waals surface area (Å²) in [5, 5.41) is 6.25. The number of hydrogen-bond acceptors (Lipinski definition) is 5. The molecule has 212 valence electrons. The number of ether oxygens (including phenoxy) is 1. The van der Waals surface area contributed by atoms with Gasteiger partial charge in [0.05, 0.1) is 18.7 Å². The first-order chi connectivity index (χ1) is 17.6. The molecule has 7 heteroatoms. The van der Waals surface area contributed by atoms with Gasteiger partial charge in [-0.15, -0.1) is 0 Å². The van der Waals surface area contributed by atoms with Crippen molar-refractivity contribution in [2.24, 2.45) is 11.3 Å². The van der Waals surface area contributed by atoms with Crippen LogP contribution in [0.4, 0.5) is 0 Å². The molecule has 0 heterocycles. The van der Waals surface area contributed by atoms with Gasteiger partial charge in [0.1, 0.15) is 6.04 Å². The van der Waals surface area contributed by atoms with E-state index in [0.29, 0.717) is 6.61 Å². The van der Waals surface area contributed by atoms with Gasteiger partial charge >= 0.3 is 5.97 Å². The van der Waals surface area contributed by atoms with Crippen LogP contribution < -0.4 is 10.6 Å². The van der Waals surface area contributed by atoms with Crippen LogP contribution >= 0.6 is 0 Å². The number of amides is 2. The number of esters is 1. The minimum atomic E-state index is -0.743. The lowest BCUT2D eigenvalue weighted by Gasteiger charge is -2.40. The molecule has 2 N–H and O–H groups in total. The molecule has 0 aromatic heterocycles. The third-order valence-electron chi connectivity index (χ3n) is 6.87. The van der Waals surface area contributed by atoms with Crippen molar-refractivity contribution in [2.75, 3.05) is 20.7 Å². The van der Waals surface area contributed by atoms with Crippen molar-refractivity contribution in [1.82, 2.24) is 15.5 Å². The third kappa shape index (κ3) is 9.12. The second-order valence-corrected chi connectivity index (χ2v) is 11.8. The van der Waals surface area contributed by atoms with Crippen molar-refractivity contribution in [2.45, 2.75) is 85.9 Å². The second kappa shape index (κ2) is 14.3. The number of likely N-dealkylation sites (N-methyl/N-ethyl adjacent to an activating group) is 2. The van der Waals surface area contributed by atoms with Gasteiger partial charge in [-0.1, -0.05) is 96.5 Å². The van der Waals surface area contributed by atoms with Crippen LogP contribution in [-0.4, -0.2) is 61.5 Å². The van der Waals surface area contributed by atoms with Crippen LogP contribution in [0.1, 0.15) is 67.9 Å². The molecule has 0 radical (unpaired) electrons. The Morgan fingerprint density at radius 1 is 1.00 bits per heavy atom. The average molecular weight is 528 g/mol. The largest absolute Gasteiger partial charge is 0.463 e. The number of carbonyl (C=O) groups excluding carboxylic acids is 3. The van der Waals surface area contributed by atoms with E-state index in [-0.39, 0.29) is 23.8 Å². The standard InChI is InChI=1S/C31H49N3O4/c1-12-38-25(35)19-18-22(4)20-24(21(2)3)34(11)29(37)27(30(5,6)7)33-28(36)26(32-10)31(8,9)23-16-14-13-15-17-23/h13-21,24,26-27,32H,12H2,1-11H3,(H,33,36)/b19-18+,22-20+/t24-,26-,27-/m1/s1. The summed E-state index contributed by atoms with van der Waals surface area (Å²) in [5.41, 5.74) is 0.831. The summed E-state index contributed by atoms with van der Waals surface area (Å²) < 4.78 is 4.95. The smallest absolute Gasteiger partial charge is 0.330 e. The topological polar surface area (TPSA) is 87.7 Å². The zero-order valence-electron chi connectivity index (χ0n) is 25.2. The van der Waals surface area contributed by atoms with Crippen LogP contribution in [0.2, 0.25) is 0 Å². The number of benzene rings is 1. The number of allylic oxidation sites excluding steroid dienone is 2. The van der Waals surface area contributed by atoms with Crippen molar-refractivity contribution in [1.29, 1.82) is 0 Å². The predicted molar refractivity (Wildman–Crippen MR) is 155 cm³/mol. The summed E-state index contributed by atoms with van der Waals surface area (Å²) >= 11 is 0. The van der Waals surface area contributed by atoms with Crippen molar-refractivity contribution in [3.05, 3.63) is 59.7 Å². The molecule has 38 heavy (non-hydrogen) atoms. The SMILES string of the molecule is CCOC(=O)/C=C/C(C)=C/[C@H](C(C)C)N(C)C(=O)[C@@H](NC(=O)[C@@H](NC)C(C)(C)c1ccccc1)C(C)(C)C. The lowest BCUT2D eigenvalue weighted by molar-refractivity contribution is -0.140. The van der Waals surface area contributed by atoms with Crippen LogP contribution in [-0.2, 0) is 24.5 Å². The van der Waals surface area contributed by atoms with Gasteiger partial charge in [0, 0.05) is 18.5 Å². The van der Waals surface area contributed by atoms with E-state index >= 15 is 0 Å². The second-order valence-electron chi connectivity index (χ2n) is 11.8. The van der Waals surface area contributed by atoms with Crippen molar-refractivity contribution in [3.8, 4) is 0 Å². The lowest BCUT2D eigenvalue weighted by atomic mass is 9.76. The van der Waals surface area contributed by atoms with E-state index in [9.17, 15) is 14.4 Å². The Morgan fingerprint density at radius 3 is 2.05 bits per heavy atom. The molecule has 0 fully saturated rings. The number of hydrogen-bond donors (Lipinski definition) is 2. The number of nitrogens with zero attached hydrogens (tertiary/aromatic N) is 1. The minimum Gasteiger partial charge on any atom is -0.463 e. The maximum absolute atomic E-state index is 13.9. The van der Waals surface area contributed by atoms with E-state index in [1.807, 2.05) is 91.8 Å². The van der Waals surface area contributed by atoms with Crippen molar-refractivity contribution in [3.63, 3.8) is 0 Å². The fourth-order valence-corrected chi connectivity index (χ4v) is 4.55. The van der Waals surface area contributed by atoms with Crippen LogP contribution in [0.25, 0.3) is 0 Å². The lowest BCUT2D eigenvalue weighted by Crippen LogP contribution is -2.61. The number of nitrogens with one attached hydrogen (secondary N) is 2. The van der Waals surface area contributed by atoms with Gasteiger partial charge in [-0.05, 0) is 37.8 Å². The summed E-state index contributed by atoms with van der Waals surface area (Å²) in [6, 6.07) is 8.36. The molecule has 0 saturated heterocycles. The fourth-order valence-electron chi connectivity index (χ4n) is 4.55. The zero-order chi connectivity index (χ0) is 29.3. The van der Waals surface area contributed by atoms with E-state index in [2.05, 4.69) is 10.6 Å². The molecule has 3 atom stereocenters. The average Bonchev–Trinajstić information content (AvgIpc) is 2.83. The minimum absolute atomic E-state index is 0.105. The van der Waals surface area contributed by atoms with Gasteiger partial charge in [-0.2, -0.15) is 0 Å². The molecule has 1 aromatic carbocycles. The van der Waals surface area contributed by atoms with Crippen LogP contribution in [0.3, 0.4) is 0 Å². The summed E-state index contributed by atoms with van der Waals surface area (Å²) in [6.07, 6.45) is 5.05. The van der Waals surface area contributed by atoms with Crippen LogP contribution in [0.15, 0.2) is 54.1 Å². The van der Waals surface area contributed by atoms with E-state index in [1.54, 1.807) is 32.0 Å². The summed E-state index contributed by atoms with van der Waals surface area (Å²) in [5.74, 6) is -0.698. The van der Waals surface area contributed by atoms with Crippen LogP contribution in [0.5, 0.6) is 0 Å². The molecular formula is C31H49N3O4. The molecular weight excluding hydrogens is 478 g/mol. The molecule has 2 amide bonds. The summed E-state index contributed by atoms with van der Waals surface area (Å²) in [7, 11) is 3.53. The quantitative estimate of drug-likeness (QED) is 0.235. The van der Waals surface area contributed by atoms with Gasteiger partial charge in [-0.25, -0.2) is 4.79 Å². The van der Waals surface area contributed by atoms with Crippen molar-refractivity contribution < 1.29 is 19.1 Å². The highest BCUT2D eigenvalue weighted by Gasteiger charge is 2.41. The first-order valence-corrected chi connectivity index (χ1v) is 13.4. The molecule has 1 rings (SSSR count). The maximum atomic E-state index is 13.9. The fraction of sp³-hybridized carbons (Fsp3) is 0.581. The molecule has 0 unspecified atom stereocenters. The molecule has 7 nitrogen and oxygen atoms in total. The van der Waals surface area contributed by atoms with Gasteiger partial charge < -0.3 is 20.3 Å². The van der Waals surface area contributed by atoms with Gasteiger partial charge in [0.25, 0.3) is 0 Å². The molecule has 0 aliphatic carbocycles. The van der Waals surface area contributed by atoms with E-state index in [1.165, 1.54) is 6.08 Å². The van der Waals surface area contributed by atoms with E-state index in [0.717, 1.165) is 11.1 Å². The molecule has 0 spiro atoms. The summed E-state index contributed by atoms with van der Waals surface area (Å²) in [6.45, 7) is 17.9. The highest BCUT2D eigenvalue weighted by atomic mass is 16.5. The van der Waals surface area contributed by atoms with Crippen molar-refractivity contribution >= 4 is 17.8 Å². The Morgan fingerprint density at radius 2 is 1.58 bits per heavy atom. The molecule has 1 aromatic rings. The molecule has 0 saturated carbocycles. The first kappa shape index (κ1) is 33.1. The van der Waals surface area contributed by atoms with Crippen LogP contribution in [0, 0.1) is 11.3 Å².